The first kappa shape index (κ1) is 20.5. The molecule has 0 bridgehead atoms. The summed E-state index contributed by atoms with van der Waals surface area (Å²) in [6.45, 7) is 1.46. The average Bonchev–Trinajstić information content (AvgIpc) is 3.10. The van der Waals surface area contributed by atoms with Crippen LogP contribution in [0.15, 0.2) is 78.9 Å². The summed E-state index contributed by atoms with van der Waals surface area (Å²) in [5.74, 6) is -1.26. The number of carbonyl (C=O) groups excluding carboxylic acids is 3. The molecule has 0 aliphatic carbocycles. The highest BCUT2D eigenvalue weighted by Crippen LogP contribution is 2.33. The second kappa shape index (κ2) is 8.96. The standard InChI is InChI=1S/C26H23NO4/c1-17-21-14-20(12-13-23(21)27-26(17)30)24(28)16-31-25(29)15-22(18-8-4-2-5-9-18)19-10-6-3-7-11-19/h2-14,17,22H,15-16H2,1H3,(H,27,30)/t17-/m1/s1. The van der Waals surface area contributed by atoms with E-state index in [9.17, 15) is 14.4 Å². The van der Waals surface area contributed by atoms with E-state index in [0.29, 0.717) is 5.56 Å². The molecule has 0 spiro atoms. The van der Waals surface area contributed by atoms with Crippen LogP contribution in [0, 0.1) is 0 Å². The number of hydrogen-bond donors (Lipinski definition) is 1. The van der Waals surface area contributed by atoms with E-state index in [1.807, 2.05) is 60.7 Å². The van der Waals surface area contributed by atoms with Crippen LogP contribution in [0.4, 0.5) is 5.69 Å². The maximum absolute atomic E-state index is 12.6. The molecule has 1 aliphatic heterocycles. The van der Waals surface area contributed by atoms with Gasteiger partial charge in [-0.15, -0.1) is 0 Å². The molecule has 4 rings (SSSR count). The first-order valence-corrected chi connectivity index (χ1v) is 10.3. The monoisotopic (exact) mass is 413 g/mol. The van der Waals surface area contributed by atoms with Gasteiger partial charge in [-0.1, -0.05) is 60.7 Å². The van der Waals surface area contributed by atoms with E-state index >= 15 is 0 Å². The maximum Gasteiger partial charge on any atom is 0.307 e. The molecule has 31 heavy (non-hydrogen) atoms. The molecule has 1 N–H and O–H groups in total. The quantitative estimate of drug-likeness (QED) is 0.451. The minimum absolute atomic E-state index is 0.0844. The molecule has 1 aliphatic rings. The molecule has 5 heteroatoms. The summed E-state index contributed by atoms with van der Waals surface area (Å²) in [5.41, 5.74) is 3.97. The molecule has 0 radical (unpaired) electrons. The molecule has 1 amide bonds. The van der Waals surface area contributed by atoms with Gasteiger partial charge in [0, 0.05) is 17.2 Å². The normalized spacial score (nSPS) is 14.8. The number of ether oxygens (including phenoxy) is 1. The number of amides is 1. The van der Waals surface area contributed by atoms with E-state index in [0.717, 1.165) is 22.4 Å². The van der Waals surface area contributed by atoms with E-state index in [1.165, 1.54) is 0 Å². The van der Waals surface area contributed by atoms with Gasteiger partial charge in [0.2, 0.25) is 5.91 Å². The lowest BCUT2D eigenvalue weighted by molar-refractivity contribution is -0.142. The van der Waals surface area contributed by atoms with Crippen LogP contribution < -0.4 is 5.32 Å². The molecule has 0 fully saturated rings. The third kappa shape index (κ3) is 4.56. The zero-order valence-electron chi connectivity index (χ0n) is 17.2. The van der Waals surface area contributed by atoms with Gasteiger partial charge in [0.1, 0.15) is 0 Å². The molecule has 0 saturated carbocycles. The van der Waals surface area contributed by atoms with E-state index in [4.69, 9.17) is 4.74 Å². The molecule has 0 aromatic heterocycles. The zero-order chi connectivity index (χ0) is 21.8. The molecule has 0 saturated heterocycles. The Morgan fingerprint density at radius 2 is 1.55 bits per heavy atom. The Kier molecular flexibility index (Phi) is 5.94. The summed E-state index contributed by atoms with van der Waals surface area (Å²) in [7, 11) is 0. The van der Waals surface area contributed by atoms with Gasteiger partial charge in [0.05, 0.1) is 12.3 Å². The Morgan fingerprint density at radius 3 is 2.16 bits per heavy atom. The molecule has 1 heterocycles. The van der Waals surface area contributed by atoms with Crippen LogP contribution >= 0.6 is 0 Å². The van der Waals surface area contributed by atoms with Crippen LogP contribution in [0.25, 0.3) is 0 Å². The summed E-state index contributed by atoms with van der Waals surface area (Å²) in [4.78, 5) is 37.0. The van der Waals surface area contributed by atoms with Gasteiger partial charge in [-0.05, 0) is 41.8 Å². The Hall–Kier alpha value is -3.73. The number of Topliss-reactive ketones (excluding diaryl/α,β-unsaturated/α-hetero) is 1. The van der Waals surface area contributed by atoms with Gasteiger partial charge in [-0.2, -0.15) is 0 Å². The average molecular weight is 413 g/mol. The van der Waals surface area contributed by atoms with Gasteiger partial charge >= 0.3 is 5.97 Å². The van der Waals surface area contributed by atoms with Crippen molar-refractivity contribution in [3.8, 4) is 0 Å². The number of anilines is 1. The van der Waals surface area contributed by atoms with E-state index in [1.54, 1.807) is 25.1 Å². The lowest BCUT2D eigenvalue weighted by Gasteiger charge is -2.17. The summed E-state index contributed by atoms with van der Waals surface area (Å²) in [5, 5.41) is 2.78. The maximum atomic E-state index is 12.6. The number of esters is 1. The van der Waals surface area contributed by atoms with Crippen molar-refractivity contribution in [3.05, 3.63) is 101 Å². The van der Waals surface area contributed by atoms with Crippen LogP contribution in [0.5, 0.6) is 0 Å². The molecule has 0 unspecified atom stereocenters. The second-order valence-electron chi connectivity index (χ2n) is 7.67. The first-order valence-electron chi connectivity index (χ1n) is 10.3. The number of fused-ring (bicyclic) bond motifs is 1. The summed E-state index contributed by atoms with van der Waals surface area (Å²) in [6.07, 6.45) is 0.140. The van der Waals surface area contributed by atoms with Crippen molar-refractivity contribution in [1.29, 1.82) is 0 Å². The van der Waals surface area contributed by atoms with Gasteiger partial charge < -0.3 is 10.1 Å². The van der Waals surface area contributed by atoms with Crippen molar-refractivity contribution >= 4 is 23.3 Å². The first-order chi connectivity index (χ1) is 15.0. The van der Waals surface area contributed by atoms with Crippen LogP contribution in [0.2, 0.25) is 0 Å². The molecular weight excluding hydrogens is 390 g/mol. The Morgan fingerprint density at radius 1 is 0.935 bits per heavy atom. The Labute approximate surface area is 181 Å². The number of rotatable bonds is 7. The van der Waals surface area contributed by atoms with Crippen LogP contribution in [-0.2, 0) is 14.3 Å². The fourth-order valence-electron chi connectivity index (χ4n) is 3.84. The van der Waals surface area contributed by atoms with Crippen molar-refractivity contribution in [1.82, 2.24) is 0 Å². The minimum Gasteiger partial charge on any atom is -0.457 e. The molecule has 5 nitrogen and oxygen atoms in total. The van der Waals surface area contributed by atoms with Crippen molar-refractivity contribution < 1.29 is 19.1 Å². The number of ketones is 1. The lowest BCUT2D eigenvalue weighted by Crippen LogP contribution is -2.17. The third-order valence-corrected chi connectivity index (χ3v) is 5.63. The summed E-state index contributed by atoms with van der Waals surface area (Å²) >= 11 is 0. The summed E-state index contributed by atoms with van der Waals surface area (Å²) in [6, 6.07) is 24.6. The fourth-order valence-corrected chi connectivity index (χ4v) is 3.84. The van der Waals surface area contributed by atoms with Crippen molar-refractivity contribution in [2.45, 2.75) is 25.2 Å². The predicted octanol–water partition coefficient (Wildman–Crippen LogP) is 4.69. The summed E-state index contributed by atoms with van der Waals surface area (Å²) < 4.78 is 5.33. The predicted molar refractivity (Wildman–Crippen MR) is 118 cm³/mol. The van der Waals surface area contributed by atoms with E-state index in [2.05, 4.69) is 5.32 Å². The fraction of sp³-hybridized carbons (Fsp3) is 0.192. The zero-order valence-corrected chi connectivity index (χ0v) is 17.2. The highest BCUT2D eigenvalue weighted by molar-refractivity contribution is 6.05. The van der Waals surface area contributed by atoms with E-state index < -0.39 is 5.97 Å². The van der Waals surface area contributed by atoms with Crippen molar-refractivity contribution in [2.75, 3.05) is 11.9 Å². The second-order valence-corrected chi connectivity index (χ2v) is 7.67. The smallest absolute Gasteiger partial charge is 0.307 e. The molecule has 3 aromatic rings. The van der Waals surface area contributed by atoms with Crippen LogP contribution in [-0.4, -0.2) is 24.3 Å². The lowest BCUT2D eigenvalue weighted by atomic mass is 9.89. The largest absolute Gasteiger partial charge is 0.457 e. The van der Waals surface area contributed by atoms with Gasteiger partial charge in [0.15, 0.2) is 12.4 Å². The number of hydrogen-bond acceptors (Lipinski definition) is 4. The molecular formula is C26H23NO4. The van der Waals surface area contributed by atoms with Crippen molar-refractivity contribution in [3.63, 3.8) is 0 Å². The van der Waals surface area contributed by atoms with Crippen molar-refractivity contribution in [2.24, 2.45) is 0 Å². The number of benzene rings is 3. The van der Waals surface area contributed by atoms with E-state index in [-0.39, 0.29) is 36.6 Å². The van der Waals surface area contributed by atoms with Gasteiger partial charge in [-0.25, -0.2) is 0 Å². The highest BCUT2D eigenvalue weighted by atomic mass is 16.5. The minimum atomic E-state index is -0.433. The topological polar surface area (TPSA) is 72.5 Å². The molecule has 3 aromatic carbocycles. The molecule has 1 atom stereocenters. The number of nitrogens with one attached hydrogen (secondary N) is 1. The Bertz CT molecular complexity index is 1070. The SMILES string of the molecule is C[C@H]1C(=O)Nc2ccc(C(=O)COC(=O)CC(c3ccccc3)c3ccccc3)cc21. The van der Waals surface area contributed by atoms with Crippen LogP contribution in [0.1, 0.15) is 52.2 Å². The molecule has 156 valence electrons. The van der Waals surface area contributed by atoms with Crippen LogP contribution in [0.3, 0.4) is 0 Å². The number of carbonyl (C=O) groups is 3. The van der Waals surface area contributed by atoms with Gasteiger partial charge in [0.25, 0.3) is 0 Å². The Balaban J connectivity index is 1.42. The highest BCUT2D eigenvalue weighted by Gasteiger charge is 2.27. The van der Waals surface area contributed by atoms with Gasteiger partial charge in [-0.3, -0.25) is 14.4 Å². The third-order valence-electron chi connectivity index (χ3n) is 5.63.